The smallest absolute Gasteiger partial charge is 0.261 e. The fourth-order valence-corrected chi connectivity index (χ4v) is 4.83. The van der Waals surface area contributed by atoms with Crippen molar-refractivity contribution in [2.45, 2.75) is 18.9 Å². The lowest BCUT2D eigenvalue weighted by molar-refractivity contribution is 0.0622. The van der Waals surface area contributed by atoms with Crippen LogP contribution in [-0.2, 0) is 0 Å². The molecule has 3 aliphatic rings. The Morgan fingerprint density at radius 2 is 2.00 bits per heavy atom. The zero-order valence-electron chi connectivity index (χ0n) is 14.9. The topological polar surface area (TPSA) is 35.6 Å². The molecule has 25 heavy (non-hydrogen) atoms. The van der Waals surface area contributed by atoms with Crippen molar-refractivity contribution in [3.05, 3.63) is 41.3 Å². The van der Waals surface area contributed by atoms with Crippen molar-refractivity contribution in [1.82, 2.24) is 10.2 Å². The number of nitrogens with zero attached hydrogens (tertiary/aromatic N) is 2. The van der Waals surface area contributed by atoms with Gasteiger partial charge in [-0.05, 0) is 61.7 Å². The Balaban J connectivity index is 1.47. The van der Waals surface area contributed by atoms with Gasteiger partial charge < -0.3 is 15.1 Å². The normalized spacial score (nSPS) is 25.0. The number of hydrogen-bond donors (Lipinski definition) is 1. The fourth-order valence-electron chi connectivity index (χ4n) is 3.92. The number of carbonyl (C=O) groups is 1. The van der Waals surface area contributed by atoms with E-state index in [-0.39, 0.29) is 5.91 Å². The molecule has 5 heteroatoms. The molecule has 1 unspecified atom stereocenters. The van der Waals surface area contributed by atoms with Crippen LogP contribution in [0.15, 0.2) is 36.4 Å². The predicted octanol–water partition coefficient (Wildman–Crippen LogP) is 3.31. The Kier molecular flexibility index (Phi) is 4.52. The summed E-state index contributed by atoms with van der Waals surface area (Å²) in [6.07, 6.45) is 2.44. The van der Waals surface area contributed by atoms with E-state index in [2.05, 4.69) is 45.4 Å². The van der Waals surface area contributed by atoms with Crippen molar-refractivity contribution in [1.29, 1.82) is 0 Å². The molecule has 3 fully saturated rings. The minimum atomic E-state index is 0.0822. The lowest BCUT2D eigenvalue weighted by atomic mass is 9.84. The number of fused-ring (bicyclic) bond motifs is 3. The third-order valence-corrected chi connectivity index (χ3v) is 6.58. The third-order valence-electron chi connectivity index (χ3n) is 5.45. The second-order valence-electron chi connectivity index (χ2n) is 7.33. The van der Waals surface area contributed by atoms with Crippen LogP contribution >= 0.6 is 11.3 Å². The molecule has 1 atom stereocenters. The van der Waals surface area contributed by atoms with Crippen molar-refractivity contribution in [3.63, 3.8) is 0 Å². The summed E-state index contributed by atoms with van der Waals surface area (Å²) >= 11 is 1.58. The summed E-state index contributed by atoms with van der Waals surface area (Å²) in [7, 11) is 4.08. The van der Waals surface area contributed by atoms with Crippen LogP contribution < -0.4 is 10.2 Å². The minimum Gasteiger partial charge on any atom is -0.378 e. The molecule has 4 heterocycles. The number of rotatable bonds is 4. The number of benzene rings is 1. The highest BCUT2D eigenvalue weighted by Crippen LogP contribution is 2.31. The van der Waals surface area contributed by atoms with Gasteiger partial charge in [0.25, 0.3) is 5.91 Å². The van der Waals surface area contributed by atoms with Crippen LogP contribution in [0, 0.1) is 5.92 Å². The molecule has 5 rings (SSSR count). The van der Waals surface area contributed by atoms with E-state index >= 15 is 0 Å². The first kappa shape index (κ1) is 16.6. The highest BCUT2D eigenvalue weighted by atomic mass is 32.1. The highest BCUT2D eigenvalue weighted by molar-refractivity contribution is 7.17. The van der Waals surface area contributed by atoms with Gasteiger partial charge in [-0.1, -0.05) is 12.1 Å². The van der Waals surface area contributed by atoms with Gasteiger partial charge in [-0.15, -0.1) is 11.3 Å². The van der Waals surface area contributed by atoms with Gasteiger partial charge in [0.05, 0.1) is 4.88 Å². The van der Waals surface area contributed by atoms with Crippen LogP contribution in [0.25, 0.3) is 10.4 Å². The summed E-state index contributed by atoms with van der Waals surface area (Å²) in [5, 5.41) is 3.28. The van der Waals surface area contributed by atoms with Crippen LogP contribution in [0.5, 0.6) is 0 Å². The molecule has 4 nitrogen and oxygen atoms in total. The maximum Gasteiger partial charge on any atom is 0.261 e. The Bertz CT molecular complexity index is 762. The average molecular weight is 356 g/mol. The Morgan fingerprint density at radius 1 is 1.20 bits per heavy atom. The Labute approximate surface area is 153 Å². The summed E-state index contributed by atoms with van der Waals surface area (Å²) in [6, 6.07) is 12.8. The summed E-state index contributed by atoms with van der Waals surface area (Å²) in [4.78, 5) is 19.2. The van der Waals surface area contributed by atoms with Crippen LogP contribution in [0.1, 0.15) is 22.5 Å². The molecule has 2 bridgehead atoms. The van der Waals surface area contributed by atoms with Crippen molar-refractivity contribution in [2.24, 2.45) is 5.92 Å². The molecular formula is C20H25N3OS. The highest BCUT2D eigenvalue weighted by Gasteiger charge is 2.35. The second kappa shape index (κ2) is 6.81. The zero-order chi connectivity index (χ0) is 17.4. The van der Waals surface area contributed by atoms with Crippen LogP contribution in [0.4, 0.5) is 5.69 Å². The van der Waals surface area contributed by atoms with E-state index in [1.807, 2.05) is 20.2 Å². The number of hydrogen-bond acceptors (Lipinski definition) is 4. The molecule has 132 valence electrons. The van der Waals surface area contributed by atoms with Gasteiger partial charge >= 0.3 is 0 Å². The van der Waals surface area contributed by atoms with E-state index in [4.69, 9.17) is 0 Å². The van der Waals surface area contributed by atoms with Gasteiger partial charge in [-0.25, -0.2) is 0 Å². The number of nitrogens with one attached hydrogen (secondary N) is 1. The molecule has 1 N–H and O–H groups in total. The lowest BCUT2D eigenvalue weighted by Gasteiger charge is -2.44. The van der Waals surface area contributed by atoms with E-state index in [1.54, 1.807) is 11.3 Å². The van der Waals surface area contributed by atoms with Crippen LogP contribution in [0.2, 0.25) is 0 Å². The van der Waals surface area contributed by atoms with Crippen molar-refractivity contribution >= 4 is 22.9 Å². The van der Waals surface area contributed by atoms with Gasteiger partial charge in [-0.3, -0.25) is 4.79 Å². The molecular weight excluding hydrogens is 330 g/mol. The number of piperidine rings is 3. The maximum absolute atomic E-state index is 12.7. The Morgan fingerprint density at radius 3 is 2.68 bits per heavy atom. The van der Waals surface area contributed by atoms with Gasteiger partial charge in [0, 0.05) is 37.2 Å². The van der Waals surface area contributed by atoms with Crippen LogP contribution in [-0.4, -0.2) is 50.6 Å². The number of amides is 1. The molecule has 1 aromatic heterocycles. The SMILES string of the molecule is CN(C)c1cccc(-c2ccc(C(=O)NC3CN4CCC3CC4)s2)c1. The van der Waals surface area contributed by atoms with Crippen molar-refractivity contribution in [3.8, 4) is 10.4 Å². The van der Waals surface area contributed by atoms with Gasteiger partial charge in [0.1, 0.15) is 0 Å². The van der Waals surface area contributed by atoms with Crippen LogP contribution in [0.3, 0.4) is 0 Å². The maximum atomic E-state index is 12.7. The molecule has 0 radical (unpaired) electrons. The van der Waals surface area contributed by atoms with E-state index < -0.39 is 0 Å². The summed E-state index contributed by atoms with van der Waals surface area (Å²) < 4.78 is 0. The molecule has 3 saturated heterocycles. The van der Waals surface area contributed by atoms with E-state index in [1.165, 1.54) is 31.6 Å². The summed E-state index contributed by atoms with van der Waals surface area (Å²) in [5.74, 6) is 0.740. The standard InChI is InChI=1S/C20H25N3OS/c1-22(2)16-5-3-4-15(12-16)18-6-7-19(25-18)20(24)21-17-13-23-10-8-14(17)9-11-23/h3-7,12,14,17H,8-11,13H2,1-2H3,(H,21,24). The number of anilines is 1. The number of carbonyl (C=O) groups excluding carboxylic acids is 1. The first-order valence-corrected chi connectivity index (χ1v) is 9.82. The molecule has 1 amide bonds. The third kappa shape index (κ3) is 3.44. The van der Waals surface area contributed by atoms with E-state index in [0.717, 1.165) is 21.9 Å². The van der Waals surface area contributed by atoms with E-state index in [0.29, 0.717) is 12.0 Å². The lowest BCUT2D eigenvalue weighted by Crippen LogP contribution is -2.57. The monoisotopic (exact) mass is 355 g/mol. The number of thiophene rings is 1. The largest absolute Gasteiger partial charge is 0.378 e. The molecule has 0 spiro atoms. The van der Waals surface area contributed by atoms with Gasteiger partial charge in [0.15, 0.2) is 0 Å². The summed E-state index contributed by atoms with van der Waals surface area (Å²) in [6.45, 7) is 3.41. The first-order chi connectivity index (χ1) is 12.1. The Hall–Kier alpha value is -1.85. The molecule has 0 aliphatic carbocycles. The second-order valence-corrected chi connectivity index (χ2v) is 8.41. The molecule has 3 aliphatic heterocycles. The molecule has 1 aromatic carbocycles. The van der Waals surface area contributed by atoms with E-state index in [9.17, 15) is 4.79 Å². The minimum absolute atomic E-state index is 0.0822. The van der Waals surface area contributed by atoms with Crippen molar-refractivity contribution in [2.75, 3.05) is 38.6 Å². The molecule has 0 saturated carbocycles. The fraction of sp³-hybridized carbons (Fsp3) is 0.450. The van der Waals surface area contributed by atoms with Gasteiger partial charge in [-0.2, -0.15) is 0 Å². The molecule has 2 aromatic rings. The quantitative estimate of drug-likeness (QED) is 0.914. The zero-order valence-corrected chi connectivity index (χ0v) is 15.7. The van der Waals surface area contributed by atoms with Crippen molar-refractivity contribution < 1.29 is 4.79 Å². The predicted molar refractivity (Wildman–Crippen MR) is 105 cm³/mol. The average Bonchev–Trinajstić information content (AvgIpc) is 3.13. The first-order valence-electron chi connectivity index (χ1n) is 9.01. The van der Waals surface area contributed by atoms with Gasteiger partial charge in [0.2, 0.25) is 0 Å². The summed E-state index contributed by atoms with van der Waals surface area (Å²) in [5.41, 5.74) is 2.34.